The molecule has 0 aliphatic carbocycles. The minimum Gasteiger partial charge on any atom is -0.459 e. The molecule has 0 radical (unpaired) electrons. The van der Waals surface area contributed by atoms with Crippen molar-refractivity contribution in [3.63, 3.8) is 0 Å². The first-order valence-electron chi connectivity index (χ1n) is 6.49. The Kier molecular flexibility index (Phi) is 5.40. The van der Waals surface area contributed by atoms with E-state index in [0.717, 1.165) is 25.8 Å². The first kappa shape index (κ1) is 14.5. The third-order valence-electron chi connectivity index (χ3n) is 2.96. The van der Waals surface area contributed by atoms with Crippen molar-refractivity contribution in [3.8, 4) is 0 Å². The Bertz CT molecular complexity index is 248. The standard InChI is InChI=1S/C13H25NO3/c1-13(2,3)17-12(16)9-14-8-6-4-5-7-11(14)10-15/h11,15H,4-10H2,1-3H3. The molecule has 4 nitrogen and oxygen atoms in total. The van der Waals surface area contributed by atoms with E-state index in [0.29, 0.717) is 6.54 Å². The van der Waals surface area contributed by atoms with E-state index in [1.54, 1.807) is 0 Å². The van der Waals surface area contributed by atoms with Gasteiger partial charge in [-0.05, 0) is 40.2 Å². The minimum atomic E-state index is -0.433. The molecule has 1 atom stereocenters. The second kappa shape index (κ2) is 6.36. The summed E-state index contributed by atoms with van der Waals surface area (Å²) < 4.78 is 5.31. The maximum atomic E-state index is 11.8. The van der Waals surface area contributed by atoms with E-state index >= 15 is 0 Å². The lowest BCUT2D eigenvalue weighted by molar-refractivity contribution is -0.156. The fourth-order valence-electron chi connectivity index (χ4n) is 2.19. The third-order valence-corrected chi connectivity index (χ3v) is 2.96. The normalized spacial score (nSPS) is 23.2. The molecule has 4 heteroatoms. The number of nitrogens with zero attached hydrogens (tertiary/aromatic N) is 1. The van der Waals surface area contributed by atoms with Gasteiger partial charge in [0, 0.05) is 6.04 Å². The quantitative estimate of drug-likeness (QED) is 0.764. The van der Waals surface area contributed by atoms with E-state index in [4.69, 9.17) is 4.74 Å². The predicted octanol–water partition coefficient (Wildman–Crippen LogP) is 1.56. The molecular formula is C13H25NO3. The topological polar surface area (TPSA) is 49.8 Å². The first-order chi connectivity index (χ1) is 7.92. The molecule has 1 N–H and O–H groups in total. The van der Waals surface area contributed by atoms with Gasteiger partial charge in [-0.25, -0.2) is 0 Å². The number of rotatable bonds is 3. The summed E-state index contributed by atoms with van der Waals surface area (Å²) in [6.07, 6.45) is 4.38. The third kappa shape index (κ3) is 5.50. The van der Waals surface area contributed by atoms with Gasteiger partial charge < -0.3 is 9.84 Å². The van der Waals surface area contributed by atoms with Crippen LogP contribution in [0.4, 0.5) is 0 Å². The highest BCUT2D eigenvalue weighted by Crippen LogP contribution is 2.17. The van der Waals surface area contributed by atoms with Gasteiger partial charge in [0.1, 0.15) is 5.60 Å². The Balaban J connectivity index is 2.49. The van der Waals surface area contributed by atoms with Crippen LogP contribution < -0.4 is 0 Å². The number of esters is 1. The van der Waals surface area contributed by atoms with Gasteiger partial charge in [0.15, 0.2) is 0 Å². The van der Waals surface area contributed by atoms with Crippen LogP contribution in [0.2, 0.25) is 0 Å². The van der Waals surface area contributed by atoms with Crippen molar-refractivity contribution in [2.24, 2.45) is 0 Å². The number of hydrogen-bond acceptors (Lipinski definition) is 4. The number of carbonyl (C=O) groups is 1. The predicted molar refractivity (Wildman–Crippen MR) is 66.8 cm³/mol. The van der Waals surface area contributed by atoms with Crippen molar-refractivity contribution in [1.82, 2.24) is 4.90 Å². The Morgan fingerprint density at radius 2 is 2.06 bits per heavy atom. The van der Waals surface area contributed by atoms with Crippen molar-refractivity contribution in [1.29, 1.82) is 0 Å². The van der Waals surface area contributed by atoms with Crippen LogP contribution in [0, 0.1) is 0 Å². The second-order valence-electron chi connectivity index (χ2n) is 5.74. The molecule has 0 aromatic rings. The summed E-state index contributed by atoms with van der Waals surface area (Å²) in [4.78, 5) is 13.8. The fraction of sp³-hybridized carbons (Fsp3) is 0.923. The van der Waals surface area contributed by atoms with Gasteiger partial charge in [0.25, 0.3) is 0 Å². The van der Waals surface area contributed by atoms with Crippen LogP contribution in [0.25, 0.3) is 0 Å². The molecule has 1 unspecified atom stereocenters. The lowest BCUT2D eigenvalue weighted by Gasteiger charge is -2.29. The van der Waals surface area contributed by atoms with Crippen LogP contribution in [-0.4, -0.2) is 47.3 Å². The number of hydrogen-bond donors (Lipinski definition) is 1. The number of aliphatic hydroxyl groups excluding tert-OH is 1. The monoisotopic (exact) mass is 243 g/mol. The fourth-order valence-corrected chi connectivity index (χ4v) is 2.19. The van der Waals surface area contributed by atoms with E-state index < -0.39 is 5.60 Å². The van der Waals surface area contributed by atoms with Crippen molar-refractivity contribution >= 4 is 5.97 Å². The number of aliphatic hydroxyl groups is 1. The van der Waals surface area contributed by atoms with Gasteiger partial charge in [-0.2, -0.15) is 0 Å². The van der Waals surface area contributed by atoms with Crippen molar-refractivity contribution in [3.05, 3.63) is 0 Å². The summed E-state index contributed by atoms with van der Waals surface area (Å²) in [5, 5.41) is 9.34. The zero-order valence-electron chi connectivity index (χ0n) is 11.2. The molecular weight excluding hydrogens is 218 g/mol. The average molecular weight is 243 g/mol. The number of likely N-dealkylation sites (tertiary alicyclic amines) is 1. The molecule has 0 spiro atoms. The van der Waals surface area contributed by atoms with Crippen LogP contribution in [0.5, 0.6) is 0 Å². The molecule has 0 aromatic carbocycles. The van der Waals surface area contributed by atoms with Crippen molar-refractivity contribution < 1.29 is 14.6 Å². The summed E-state index contributed by atoms with van der Waals surface area (Å²) in [5.41, 5.74) is -0.433. The van der Waals surface area contributed by atoms with E-state index in [1.807, 2.05) is 20.8 Å². The van der Waals surface area contributed by atoms with E-state index in [2.05, 4.69) is 4.90 Å². The molecule has 1 fully saturated rings. The molecule has 1 heterocycles. The molecule has 100 valence electrons. The van der Waals surface area contributed by atoms with Crippen LogP contribution in [0.15, 0.2) is 0 Å². The van der Waals surface area contributed by atoms with E-state index in [1.165, 1.54) is 6.42 Å². The van der Waals surface area contributed by atoms with Crippen LogP contribution in [0.1, 0.15) is 46.5 Å². The smallest absolute Gasteiger partial charge is 0.320 e. The molecule has 1 saturated heterocycles. The molecule has 0 saturated carbocycles. The molecule has 1 aliphatic rings. The Hall–Kier alpha value is -0.610. The molecule has 0 aromatic heterocycles. The van der Waals surface area contributed by atoms with Crippen LogP contribution in [-0.2, 0) is 9.53 Å². The largest absolute Gasteiger partial charge is 0.459 e. The number of carbonyl (C=O) groups excluding carboxylic acids is 1. The van der Waals surface area contributed by atoms with Gasteiger partial charge >= 0.3 is 5.97 Å². The average Bonchev–Trinajstić information content (AvgIpc) is 2.39. The van der Waals surface area contributed by atoms with Crippen molar-refractivity contribution in [2.75, 3.05) is 19.7 Å². The number of ether oxygens (including phenoxy) is 1. The van der Waals surface area contributed by atoms with E-state index in [-0.39, 0.29) is 18.6 Å². The van der Waals surface area contributed by atoms with Gasteiger partial charge in [-0.1, -0.05) is 12.8 Å². The summed E-state index contributed by atoms with van der Waals surface area (Å²) >= 11 is 0. The van der Waals surface area contributed by atoms with Gasteiger partial charge in [0.05, 0.1) is 13.2 Å². The lowest BCUT2D eigenvalue weighted by Crippen LogP contribution is -2.42. The summed E-state index contributed by atoms with van der Waals surface area (Å²) in [5.74, 6) is -0.196. The van der Waals surface area contributed by atoms with Crippen LogP contribution >= 0.6 is 0 Å². The zero-order chi connectivity index (χ0) is 12.9. The summed E-state index contributed by atoms with van der Waals surface area (Å²) in [6.45, 7) is 6.92. The van der Waals surface area contributed by atoms with Gasteiger partial charge in [0.2, 0.25) is 0 Å². The molecule has 17 heavy (non-hydrogen) atoms. The van der Waals surface area contributed by atoms with Crippen LogP contribution in [0.3, 0.4) is 0 Å². The SMILES string of the molecule is CC(C)(C)OC(=O)CN1CCCCCC1CO. The second-order valence-corrected chi connectivity index (χ2v) is 5.74. The minimum absolute atomic E-state index is 0.116. The highest BCUT2D eigenvalue weighted by Gasteiger charge is 2.24. The molecule has 1 aliphatic heterocycles. The van der Waals surface area contributed by atoms with E-state index in [9.17, 15) is 9.90 Å². The summed E-state index contributed by atoms with van der Waals surface area (Å²) in [7, 11) is 0. The Morgan fingerprint density at radius 3 is 2.65 bits per heavy atom. The highest BCUT2D eigenvalue weighted by molar-refractivity contribution is 5.72. The first-order valence-corrected chi connectivity index (χ1v) is 6.49. The molecule has 0 bridgehead atoms. The molecule has 0 amide bonds. The maximum absolute atomic E-state index is 11.8. The maximum Gasteiger partial charge on any atom is 0.320 e. The Morgan fingerprint density at radius 1 is 1.35 bits per heavy atom. The summed E-state index contributed by atoms with van der Waals surface area (Å²) in [6, 6.07) is 0.116. The zero-order valence-corrected chi connectivity index (χ0v) is 11.2. The van der Waals surface area contributed by atoms with Gasteiger partial charge in [-0.15, -0.1) is 0 Å². The highest BCUT2D eigenvalue weighted by atomic mass is 16.6. The van der Waals surface area contributed by atoms with Crippen molar-refractivity contribution in [2.45, 2.75) is 58.1 Å². The molecule has 1 rings (SSSR count). The Labute approximate surface area is 104 Å². The van der Waals surface area contributed by atoms with Gasteiger partial charge in [-0.3, -0.25) is 9.69 Å². The lowest BCUT2D eigenvalue weighted by atomic mass is 10.1.